The van der Waals surface area contributed by atoms with E-state index in [0.717, 1.165) is 24.3 Å². The van der Waals surface area contributed by atoms with E-state index >= 15 is 0 Å². The highest BCUT2D eigenvalue weighted by atomic mass is 16.5. The topological polar surface area (TPSA) is 51.2 Å². The van der Waals surface area contributed by atoms with Gasteiger partial charge in [-0.15, -0.1) is 0 Å². The van der Waals surface area contributed by atoms with Crippen LogP contribution < -0.4 is 10.1 Å². The first-order chi connectivity index (χ1) is 9.33. The quantitative estimate of drug-likeness (QED) is 0.910. The molecule has 1 aliphatic rings. The number of benzene rings is 1. The van der Waals surface area contributed by atoms with Crippen LogP contribution in [0, 0.1) is 0 Å². The van der Waals surface area contributed by atoms with Crippen LogP contribution in [0.15, 0.2) is 42.7 Å². The average Bonchev–Trinajstić information content (AvgIpc) is 2.93. The summed E-state index contributed by atoms with van der Waals surface area (Å²) in [6, 6.07) is 9.44. The fraction of sp³-hybridized carbons (Fsp3) is 0.200. The number of fused-ring (bicyclic) bond motifs is 1. The molecule has 0 spiro atoms. The molecule has 1 aromatic heterocycles. The Labute approximate surface area is 111 Å². The fourth-order valence-electron chi connectivity index (χ4n) is 2.14. The predicted molar refractivity (Wildman–Crippen MR) is 71.0 cm³/mol. The van der Waals surface area contributed by atoms with Gasteiger partial charge in [0.1, 0.15) is 5.75 Å². The van der Waals surface area contributed by atoms with Crippen LogP contribution in [0.5, 0.6) is 5.75 Å². The normalized spacial score (nSPS) is 12.6. The number of carbonyl (C=O) groups is 1. The number of ether oxygens (including phenoxy) is 1. The molecule has 96 valence electrons. The lowest BCUT2D eigenvalue weighted by Crippen LogP contribution is -2.22. The SMILES string of the molecule is O=C(NCc1ccc2c(c1)CCO2)c1ccncc1. The molecule has 0 radical (unpaired) electrons. The minimum atomic E-state index is -0.0841. The average molecular weight is 254 g/mol. The number of pyridine rings is 1. The van der Waals surface area contributed by atoms with Crippen molar-refractivity contribution in [2.75, 3.05) is 6.61 Å². The smallest absolute Gasteiger partial charge is 0.251 e. The van der Waals surface area contributed by atoms with Crippen LogP contribution in [-0.2, 0) is 13.0 Å². The number of hydrogen-bond donors (Lipinski definition) is 1. The first-order valence-electron chi connectivity index (χ1n) is 6.26. The summed E-state index contributed by atoms with van der Waals surface area (Å²) >= 11 is 0. The predicted octanol–water partition coefficient (Wildman–Crippen LogP) is 1.95. The fourth-order valence-corrected chi connectivity index (χ4v) is 2.14. The molecule has 2 heterocycles. The van der Waals surface area contributed by atoms with Crippen LogP contribution in [-0.4, -0.2) is 17.5 Å². The lowest BCUT2D eigenvalue weighted by molar-refractivity contribution is 0.0951. The molecule has 0 aliphatic carbocycles. The van der Waals surface area contributed by atoms with Gasteiger partial charge in [0, 0.05) is 30.9 Å². The Bertz CT molecular complexity index is 596. The third-order valence-corrected chi connectivity index (χ3v) is 3.15. The highest BCUT2D eigenvalue weighted by Crippen LogP contribution is 2.25. The molecule has 1 aliphatic heterocycles. The molecule has 3 rings (SSSR count). The molecule has 0 saturated carbocycles. The number of nitrogens with one attached hydrogen (secondary N) is 1. The van der Waals surface area contributed by atoms with Crippen LogP contribution >= 0.6 is 0 Å². The zero-order chi connectivity index (χ0) is 13.1. The van der Waals surface area contributed by atoms with E-state index in [1.165, 1.54) is 5.56 Å². The molecular formula is C15H14N2O2. The summed E-state index contributed by atoms with van der Waals surface area (Å²) in [6.45, 7) is 1.27. The maximum atomic E-state index is 11.9. The van der Waals surface area contributed by atoms with Crippen LogP contribution in [0.2, 0.25) is 0 Å². The second-order valence-corrected chi connectivity index (χ2v) is 4.46. The summed E-state index contributed by atoms with van der Waals surface area (Å²) in [6.07, 6.45) is 4.17. The van der Waals surface area contributed by atoms with Crippen LogP contribution in [0.3, 0.4) is 0 Å². The summed E-state index contributed by atoms with van der Waals surface area (Å²) in [4.78, 5) is 15.8. The van der Waals surface area contributed by atoms with Crippen molar-refractivity contribution in [2.45, 2.75) is 13.0 Å². The van der Waals surface area contributed by atoms with E-state index in [9.17, 15) is 4.79 Å². The largest absolute Gasteiger partial charge is 0.493 e. The number of rotatable bonds is 3. The Balaban J connectivity index is 1.65. The second kappa shape index (κ2) is 5.10. The van der Waals surface area contributed by atoms with Crippen molar-refractivity contribution in [2.24, 2.45) is 0 Å². The Morgan fingerprint density at radius 2 is 2.11 bits per heavy atom. The van der Waals surface area contributed by atoms with Gasteiger partial charge in [-0.2, -0.15) is 0 Å². The molecule has 0 saturated heterocycles. The van der Waals surface area contributed by atoms with Gasteiger partial charge in [0.15, 0.2) is 0 Å². The standard InChI is InChI=1S/C15H14N2O2/c18-15(12-3-6-16-7-4-12)17-10-11-1-2-14-13(9-11)5-8-19-14/h1-4,6-7,9H,5,8,10H2,(H,17,18). The number of hydrogen-bond acceptors (Lipinski definition) is 3. The van der Waals surface area contributed by atoms with Crippen LogP contribution in [0.4, 0.5) is 0 Å². The number of amides is 1. The van der Waals surface area contributed by atoms with Crippen molar-refractivity contribution in [3.05, 3.63) is 59.4 Å². The zero-order valence-corrected chi connectivity index (χ0v) is 10.4. The Morgan fingerprint density at radius 3 is 2.95 bits per heavy atom. The Hall–Kier alpha value is -2.36. The van der Waals surface area contributed by atoms with Gasteiger partial charge in [-0.25, -0.2) is 0 Å². The molecular weight excluding hydrogens is 240 g/mol. The first kappa shape index (κ1) is 11.7. The van der Waals surface area contributed by atoms with Crippen molar-refractivity contribution in [1.29, 1.82) is 0 Å². The molecule has 0 atom stereocenters. The van der Waals surface area contributed by atoms with Gasteiger partial charge in [0.2, 0.25) is 0 Å². The molecule has 0 bridgehead atoms. The number of aromatic nitrogens is 1. The second-order valence-electron chi connectivity index (χ2n) is 4.46. The molecule has 1 N–H and O–H groups in total. The van der Waals surface area contributed by atoms with E-state index in [0.29, 0.717) is 12.1 Å². The van der Waals surface area contributed by atoms with E-state index in [4.69, 9.17) is 4.74 Å². The van der Waals surface area contributed by atoms with E-state index in [1.54, 1.807) is 24.5 Å². The van der Waals surface area contributed by atoms with E-state index in [-0.39, 0.29) is 5.91 Å². The first-order valence-corrected chi connectivity index (χ1v) is 6.26. The molecule has 0 fully saturated rings. The Kier molecular flexibility index (Phi) is 3.14. The highest BCUT2D eigenvalue weighted by molar-refractivity contribution is 5.93. The maximum Gasteiger partial charge on any atom is 0.251 e. The number of nitrogens with zero attached hydrogens (tertiary/aromatic N) is 1. The molecule has 4 nitrogen and oxygen atoms in total. The summed E-state index contributed by atoms with van der Waals surface area (Å²) in [7, 11) is 0. The minimum Gasteiger partial charge on any atom is -0.493 e. The van der Waals surface area contributed by atoms with Crippen molar-refractivity contribution >= 4 is 5.91 Å². The monoisotopic (exact) mass is 254 g/mol. The van der Waals surface area contributed by atoms with Crippen molar-refractivity contribution < 1.29 is 9.53 Å². The van der Waals surface area contributed by atoms with Gasteiger partial charge in [0.25, 0.3) is 5.91 Å². The van der Waals surface area contributed by atoms with Gasteiger partial charge < -0.3 is 10.1 Å². The third-order valence-electron chi connectivity index (χ3n) is 3.15. The van der Waals surface area contributed by atoms with Crippen molar-refractivity contribution in [3.63, 3.8) is 0 Å². The van der Waals surface area contributed by atoms with Crippen molar-refractivity contribution in [1.82, 2.24) is 10.3 Å². The Morgan fingerprint density at radius 1 is 1.26 bits per heavy atom. The summed E-state index contributed by atoms with van der Waals surface area (Å²) in [5, 5.41) is 2.90. The van der Waals surface area contributed by atoms with Gasteiger partial charge in [0.05, 0.1) is 6.61 Å². The van der Waals surface area contributed by atoms with Crippen LogP contribution in [0.25, 0.3) is 0 Å². The van der Waals surface area contributed by atoms with Gasteiger partial charge in [-0.3, -0.25) is 9.78 Å². The lowest BCUT2D eigenvalue weighted by Gasteiger charge is -2.06. The van der Waals surface area contributed by atoms with Gasteiger partial charge in [-0.05, 0) is 29.3 Å². The van der Waals surface area contributed by atoms with Crippen LogP contribution in [0.1, 0.15) is 21.5 Å². The summed E-state index contributed by atoms with van der Waals surface area (Å²) in [5.41, 5.74) is 2.93. The van der Waals surface area contributed by atoms with Gasteiger partial charge in [-0.1, -0.05) is 12.1 Å². The maximum absolute atomic E-state index is 11.9. The van der Waals surface area contributed by atoms with E-state index in [2.05, 4.69) is 16.4 Å². The molecule has 4 heteroatoms. The molecule has 1 amide bonds. The van der Waals surface area contributed by atoms with Crippen molar-refractivity contribution in [3.8, 4) is 5.75 Å². The minimum absolute atomic E-state index is 0.0841. The molecule has 0 unspecified atom stereocenters. The molecule has 1 aromatic carbocycles. The summed E-state index contributed by atoms with van der Waals surface area (Å²) in [5.74, 6) is 0.878. The van der Waals surface area contributed by atoms with Gasteiger partial charge >= 0.3 is 0 Å². The zero-order valence-electron chi connectivity index (χ0n) is 10.4. The summed E-state index contributed by atoms with van der Waals surface area (Å²) < 4.78 is 5.45. The molecule has 19 heavy (non-hydrogen) atoms. The lowest BCUT2D eigenvalue weighted by atomic mass is 10.1. The number of carbonyl (C=O) groups excluding carboxylic acids is 1. The molecule has 2 aromatic rings. The third kappa shape index (κ3) is 2.57. The van der Waals surface area contributed by atoms with E-state index < -0.39 is 0 Å². The van der Waals surface area contributed by atoms with E-state index in [1.807, 2.05) is 12.1 Å². The highest BCUT2D eigenvalue weighted by Gasteiger charge is 2.12.